The van der Waals surface area contributed by atoms with E-state index in [2.05, 4.69) is 12.2 Å². The maximum atomic E-state index is 11.3. The summed E-state index contributed by atoms with van der Waals surface area (Å²) in [7, 11) is 5.66. The lowest BCUT2D eigenvalue weighted by Gasteiger charge is -2.13. The summed E-state index contributed by atoms with van der Waals surface area (Å²) >= 11 is -1.74. The quantitative estimate of drug-likeness (QED) is 0.626. The van der Waals surface area contributed by atoms with E-state index >= 15 is 0 Å². The van der Waals surface area contributed by atoms with Crippen LogP contribution < -0.4 is 5.32 Å². The van der Waals surface area contributed by atoms with Gasteiger partial charge in [-0.25, -0.2) is 0 Å². The third-order valence-corrected chi connectivity index (χ3v) is 5.05. The molecule has 3 rings (SSSR count). The van der Waals surface area contributed by atoms with E-state index in [0.717, 1.165) is 42.8 Å². The van der Waals surface area contributed by atoms with Gasteiger partial charge in [0.2, 0.25) is 0 Å². The molecule has 7 heteroatoms. The third-order valence-electron chi connectivity index (χ3n) is 3.30. The molecule has 0 atom stereocenters. The van der Waals surface area contributed by atoms with Crippen molar-refractivity contribution in [2.24, 2.45) is 0 Å². The zero-order chi connectivity index (χ0) is 15.8. The lowest BCUT2D eigenvalue weighted by Crippen LogP contribution is -2.32. The molecule has 5 nitrogen and oxygen atoms in total. The van der Waals surface area contributed by atoms with Gasteiger partial charge in [0.25, 0.3) is 0 Å². The maximum Gasteiger partial charge on any atom is 0.813 e. The van der Waals surface area contributed by atoms with Crippen LogP contribution in [0, 0.1) is 0 Å². The van der Waals surface area contributed by atoms with Gasteiger partial charge in [0, 0.05) is 31.9 Å². The molecule has 0 unspecified atom stereocenters. The number of ether oxygens (including phenoxy) is 1. The van der Waals surface area contributed by atoms with Crippen LogP contribution >= 0.6 is 10.0 Å². The lowest BCUT2D eigenvalue weighted by atomic mass is 10.2. The van der Waals surface area contributed by atoms with Gasteiger partial charge >= 0.3 is 13.9 Å². The van der Waals surface area contributed by atoms with E-state index in [-0.39, 0.29) is 5.78 Å². The SMILES string of the molecule is CCCCOC1=C2C=CC(=C1)C2=O.[Cl][Al]1[O]CCNCC[O]1. The minimum atomic E-state index is -1.74. The van der Waals surface area contributed by atoms with Crippen LogP contribution in [0.5, 0.6) is 0 Å². The number of hydrogen-bond acceptors (Lipinski definition) is 5. The smallest absolute Gasteiger partial charge is 0.493 e. The van der Waals surface area contributed by atoms with Crippen LogP contribution in [0.1, 0.15) is 19.8 Å². The van der Waals surface area contributed by atoms with Crippen LogP contribution in [0.15, 0.2) is 35.1 Å². The van der Waals surface area contributed by atoms with E-state index in [1.807, 2.05) is 18.2 Å². The fraction of sp³-hybridized carbons (Fsp3) is 0.533. The number of rotatable bonds is 4. The predicted molar refractivity (Wildman–Crippen MR) is 86.5 cm³/mol. The number of fused-ring (bicyclic) bond motifs is 2. The monoisotopic (exact) mass is 341 g/mol. The molecule has 1 N–H and O–H groups in total. The van der Waals surface area contributed by atoms with Crippen molar-refractivity contribution in [3.8, 4) is 0 Å². The Labute approximate surface area is 140 Å². The Hall–Kier alpha value is -0.608. The lowest BCUT2D eigenvalue weighted by molar-refractivity contribution is -0.111. The number of hydrogen-bond donors (Lipinski definition) is 1. The molecule has 0 aromatic carbocycles. The van der Waals surface area contributed by atoms with E-state index in [9.17, 15) is 4.79 Å². The van der Waals surface area contributed by atoms with Crippen molar-refractivity contribution in [3.63, 3.8) is 0 Å². The molecule has 2 bridgehead atoms. The number of ketones is 1. The van der Waals surface area contributed by atoms with Crippen LogP contribution in [-0.2, 0) is 17.1 Å². The van der Waals surface area contributed by atoms with Gasteiger partial charge in [0.15, 0.2) is 5.78 Å². The van der Waals surface area contributed by atoms with Gasteiger partial charge in [-0.2, -0.15) is 10.0 Å². The molecule has 1 aliphatic heterocycles. The van der Waals surface area contributed by atoms with Gasteiger partial charge in [0.1, 0.15) is 5.76 Å². The second-order valence-electron chi connectivity index (χ2n) is 5.01. The van der Waals surface area contributed by atoms with Gasteiger partial charge in [-0.1, -0.05) is 19.4 Å². The van der Waals surface area contributed by atoms with E-state index in [4.69, 9.17) is 22.4 Å². The molecule has 0 saturated carbocycles. The Morgan fingerprint density at radius 2 is 2.05 bits per heavy atom. The molecule has 0 amide bonds. The molecule has 0 aromatic rings. The van der Waals surface area contributed by atoms with Crippen LogP contribution in [0.2, 0.25) is 0 Å². The molecule has 2 aliphatic carbocycles. The highest BCUT2D eigenvalue weighted by atomic mass is 35.6. The number of carbonyl (C=O) groups is 1. The normalized spacial score (nSPS) is 20.4. The van der Waals surface area contributed by atoms with Gasteiger partial charge in [0.05, 0.1) is 12.2 Å². The Morgan fingerprint density at radius 3 is 2.59 bits per heavy atom. The van der Waals surface area contributed by atoms with E-state index in [0.29, 0.717) is 19.8 Å². The topological polar surface area (TPSA) is 56.8 Å². The number of allylic oxidation sites excluding steroid dienone is 5. The molecule has 3 aliphatic rings. The number of carbonyl (C=O) groups excluding carboxylic acids is 1. The summed E-state index contributed by atoms with van der Waals surface area (Å²) in [6.45, 7) is 5.96. The van der Waals surface area contributed by atoms with Crippen LogP contribution in [0.25, 0.3) is 0 Å². The Balaban J connectivity index is 0.000000172. The zero-order valence-electron chi connectivity index (χ0n) is 12.8. The number of nitrogens with one attached hydrogen (secondary N) is 1. The van der Waals surface area contributed by atoms with Gasteiger partial charge < -0.3 is 17.6 Å². The molecule has 0 aromatic heterocycles. The van der Waals surface area contributed by atoms with Gasteiger partial charge in [-0.15, -0.1) is 0 Å². The van der Waals surface area contributed by atoms with Crippen molar-refractivity contribution in [3.05, 3.63) is 35.1 Å². The van der Waals surface area contributed by atoms with Crippen molar-refractivity contribution >= 4 is 29.7 Å². The minimum absolute atomic E-state index is 0.117. The molecule has 22 heavy (non-hydrogen) atoms. The second-order valence-corrected chi connectivity index (χ2v) is 7.29. The molecule has 1 saturated heterocycles. The van der Waals surface area contributed by atoms with Crippen molar-refractivity contribution in [1.82, 2.24) is 5.32 Å². The number of unbranched alkanes of at least 4 members (excludes halogenated alkanes) is 1. The summed E-state index contributed by atoms with van der Waals surface area (Å²) in [5.41, 5.74) is 1.49. The third kappa shape index (κ3) is 5.24. The van der Waals surface area contributed by atoms with Crippen LogP contribution in [-0.4, -0.2) is 52.6 Å². The fourth-order valence-electron chi connectivity index (χ4n) is 2.07. The zero-order valence-corrected chi connectivity index (χ0v) is 14.7. The molecule has 120 valence electrons. The van der Waals surface area contributed by atoms with Crippen LogP contribution in [0.3, 0.4) is 0 Å². The summed E-state index contributed by atoms with van der Waals surface area (Å²) < 4.78 is 15.7. The first-order chi connectivity index (χ1) is 10.7. The number of halogens is 1. The molecule has 0 radical (unpaired) electrons. The minimum Gasteiger partial charge on any atom is -0.493 e. The van der Waals surface area contributed by atoms with Gasteiger partial charge in [-0.3, -0.25) is 4.79 Å². The first kappa shape index (κ1) is 17.7. The first-order valence-electron chi connectivity index (χ1n) is 7.62. The van der Waals surface area contributed by atoms with E-state index in [1.54, 1.807) is 0 Å². The molecule has 1 fully saturated rings. The van der Waals surface area contributed by atoms with E-state index in [1.165, 1.54) is 0 Å². The van der Waals surface area contributed by atoms with Crippen molar-refractivity contribution in [2.75, 3.05) is 32.9 Å². The number of Topliss-reactive ketones (excluding diaryl/α,β-unsaturated/α-hetero) is 1. The highest BCUT2D eigenvalue weighted by Crippen LogP contribution is 2.30. The molecular formula is C15H21AlClNO4. The highest BCUT2D eigenvalue weighted by molar-refractivity contribution is 6.99. The first-order valence-corrected chi connectivity index (χ1v) is 10.3. The second kappa shape index (κ2) is 9.51. The van der Waals surface area contributed by atoms with Crippen molar-refractivity contribution < 1.29 is 17.1 Å². The predicted octanol–water partition coefficient (Wildman–Crippen LogP) is 1.98. The Kier molecular flexibility index (Phi) is 7.67. The highest BCUT2D eigenvalue weighted by Gasteiger charge is 2.27. The van der Waals surface area contributed by atoms with Gasteiger partial charge in [-0.05, 0) is 18.6 Å². The molecular weight excluding hydrogens is 321 g/mol. The molecule has 0 spiro atoms. The summed E-state index contributed by atoms with van der Waals surface area (Å²) in [5, 5.41) is 3.12. The maximum absolute atomic E-state index is 11.3. The Morgan fingerprint density at radius 1 is 1.32 bits per heavy atom. The molecule has 1 heterocycles. The largest absolute Gasteiger partial charge is 0.813 e. The van der Waals surface area contributed by atoms with Crippen molar-refractivity contribution in [1.29, 1.82) is 0 Å². The average Bonchev–Trinajstić information content (AvgIpc) is 2.99. The standard InChI is InChI=1S/C11H12O2.C4H9NO2.Al.ClH/c1-2-3-6-13-10-7-8-4-5-9(10)11(8)12;6-3-1-5-2-4-7;;/h4-5,7H,2-3,6H2,1H3;5H,1-4H2;;1H/q;-2;+3;/p-1. The van der Waals surface area contributed by atoms with E-state index < -0.39 is 13.9 Å². The summed E-state index contributed by atoms with van der Waals surface area (Å²) in [5.74, 6) is 0.877. The summed E-state index contributed by atoms with van der Waals surface area (Å²) in [6, 6.07) is 0. The fourth-order valence-corrected chi connectivity index (χ4v) is 3.31. The van der Waals surface area contributed by atoms with Crippen molar-refractivity contribution in [2.45, 2.75) is 19.8 Å². The van der Waals surface area contributed by atoms with Crippen LogP contribution in [0.4, 0.5) is 0 Å². The summed E-state index contributed by atoms with van der Waals surface area (Å²) in [4.78, 5) is 11.3. The Bertz CT molecular complexity index is 482. The summed E-state index contributed by atoms with van der Waals surface area (Å²) in [6.07, 6.45) is 7.65. The average molecular weight is 342 g/mol.